The van der Waals surface area contributed by atoms with Crippen LogP contribution in [0.4, 0.5) is 0 Å². The van der Waals surface area contributed by atoms with E-state index >= 15 is 0 Å². The number of nitrogens with zero attached hydrogens (tertiary/aromatic N) is 2. The van der Waals surface area contributed by atoms with Gasteiger partial charge in [0, 0.05) is 24.5 Å². The molecular formula is C19H25N3O2. The van der Waals surface area contributed by atoms with Crippen molar-refractivity contribution in [2.24, 2.45) is 5.92 Å². The standard InChI is InChI=1S/C19H25N3O2/c1-2-7-16(19(23)21-22-12-5-6-13-22)14-24-18-11-10-15-8-3-4-9-17(15)20-18/h3-4,8-11,16H,2,5-7,12-14H2,1H3,(H,21,23). The van der Waals surface area contributed by atoms with E-state index in [1.807, 2.05) is 41.4 Å². The second-order valence-electron chi connectivity index (χ2n) is 6.31. The van der Waals surface area contributed by atoms with Gasteiger partial charge in [-0.3, -0.25) is 10.2 Å². The lowest BCUT2D eigenvalue weighted by Crippen LogP contribution is -2.44. The predicted octanol–water partition coefficient (Wildman–Crippen LogP) is 3.16. The van der Waals surface area contributed by atoms with Crippen LogP contribution in [0.25, 0.3) is 10.9 Å². The van der Waals surface area contributed by atoms with E-state index in [2.05, 4.69) is 17.3 Å². The molecule has 24 heavy (non-hydrogen) atoms. The van der Waals surface area contributed by atoms with E-state index in [0.717, 1.165) is 49.7 Å². The summed E-state index contributed by atoms with van der Waals surface area (Å²) in [6.45, 7) is 4.33. The number of pyridine rings is 1. The number of ether oxygens (including phenoxy) is 1. The number of hydrogen-bond acceptors (Lipinski definition) is 4. The minimum absolute atomic E-state index is 0.0551. The molecule has 0 aliphatic carbocycles. The summed E-state index contributed by atoms with van der Waals surface area (Å²) in [6, 6.07) is 11.8. The van der Waals surface area contributed by atoms with Gasteiger partial charge in [-0.25, -0.2) is 9.99 Å². The van der Waals surface area contributed by atoms with Crippen molar-refractivity contribution in [2.75, 3.05) is 19.7 Å². The van der Waals surface area contributed by atoms with Crippen LogP contribution in [-0.2, 0) is 4.79 Å². The number of benzene rings is 1. The fourth-order valence-corrected chi connectivity index (χ4v) is 3.03. The Balaban J connectivity index is 1.60. The number of carbonyl (C=O) groups excluding carboxylic acids is 1. The zero-order chi connectivity index (χ0) is 16.8. The molecule has 2 heterocycles. The summed E-state index contributed by atoms with van der Waals surface area (Å²) in [5, 5.41) is 3.10. The second kappa shape index (κ2) is 8.11. The van der Waals surface area contributed by atoms with Crippen molar-refractivity contribution in [3.63, 3.8) is 0 Å². The first-order chi connectivity index (χ1) is 11.8. The minimum atomic E-state index is -0.149. The van der Waals surface area contributed by atoms with Gasteiger partial charge >= 0.3 is 0 Å². The first kappa shape index (κ1) is 16.7. The number of para-hydroxylation sites is 1. The smallest absolute Gasteiger partial charge is 0.240 e. The van der Waals surface area contributed by atoms with Crippen LogP contribution >= 0.6 is 0 Å². The number of amides is 1. The monoisotopic (exact) mass is 327 g/mol. The summed E-state index contributed by atoms with van der Waals surface area (Å²) in [4.78, 5) is 17.0. The number of carbonyl (C=O) groups is 1. The first-order valence-corrected chi connectivity index (χ1v) is 8.80. The molecule has 128 valence electrons. The second-order valence-corrected chi connectivity index (χ2v) is 6.31. The Kier molecular flexibility index (Phi) is 5.64. The molecule has 1 atom stereocenters. The third-order valence-corrected chi connectivity index (χ3v) is 4.39. The van der Waals surface area contributed by atoms with Crippen molar-refractivity contribution in [1.29, 1.82) is 0 Å². The number of fused-ring (bicyclic) bond motifs is 1. The molecular weight excluding hydrogens is 302 g/mol. The van der Waals surface area contributed by atoms with Crippen LogP contribution in [0, 0.1) is 5.92 Å². The summed E-state index contributed by atoms with van der Waals surface area (Å²) in [7, 11) is 0. The third-order valence-electron chi connectivity index (χ3n) is 4.39. The van der Waals surface area contributed by atoms with Crippen LogP contribution < -0.4 is 10.2 Å². The molecule has 1 aliphatic rings. The highest BCUT2D eigenvalue weighted by atomic mass is 16.5. The molecule has 0 spiro atoms. The van der Waals surface area contributed by atoms with Crippen molar-refractivity contribution < 1.29 is 9.53 Å². The molecule has 1 aromatic carbocycles. The summed E-state index contributed by atoms with van der Waals surface area (Å²) >= 11 is 0. The number of rotatable bonds is 7. The van der Waals surface area contributed by atoms with Crippen LogP contribution in [-0.4, -0.2) is 35.6 Å². The van der Waals surface area contributed by atoms with Gasteiger partial charge in [0.2, 0.25) is 11.8 Å². The minimum Gasteiger partial charge on any atom is -0.477 e. The van der Waals surface area contributed by atoms with E-state index in [9.17, 15) is 4.79 Å². The van der Waals surface area contributed by atoms with Gasteiger partial charge < -0.3 is 4.74 Å². The molecule has 1 aliphatic heterocycles. The van der Waals surface area contributed by atoms with Gasteiger partial charge in [0.05, 0.1) is 11.4 Å². The highest BCUT2D eigenvalue weighted by Crippen LogP contribution is 2.18. The van der Waals surface area contributed by atoms with E-state index in [4.69, 9.17) is 4.74 Å². The Hall–Kier alpha value is -2.14. The number of nitrogens with one attached hydrogen (secondary N) is 1. The van der Waals surface area contributed by atoms with Crippen molar-refractivity contribution in [1.82, 2.24) is 15.4 Å². The summed E-state index contributed by atoms with van der Waals surface area (Å²) in [5.74, 6) is 0.479. The first-order valence-electron chi connectivity index (χ1n) is 8.80. The molecule has 5 nitrogen and oxygen atoms in total. The maximum absolute atomic E-state index is 12.5. The summed E-state index contributed by atoms with van der Waals surface area (Å²) < 4.78 is 5.82. The SMILES string of the molecule is CCCC(COc1ccc2ccccc2n1)C(=O)NN1CCCC1. The summed E-state index contributed by atoms with van der Waals surface area (Å²) in [6.07, 6.45) is 4.06. The Morgan fingerprint density at radius 1 is 1.25 bits per heavy atom. The normalized spacial score (nSPS) is 16.2. The molecule has 1 unspecified atom stereocenters. The van der Waals surface area contributed by atoms with Crippen LogP contribution in [0.1, 0.15) is 32.6 Å². The number of hydrazine groups is 1. The molecule has 1 N–H and O–H groups in total. The highest BCUT2D eigenvalue weighted by Gasteiger charge is 2.22. The summed E-state index contributed by atoms with van der Waals surface area (Å²) in [5.41, 5.74) is 3.93. The van der Waals surface area contributed by atoms with Gasteiger partial charge in [0.15, 0.2) is 0 Å². The molecule has 3 rings (SSSR count). The Morgan fingerprint density at radius 3 is 2.83 bits per heavy atom. The van der Waals surface area contributed by atoms with Crippen molar-refractivity contribution in [3.05, 3.63) is 36.4 Å². The Bertz CT molecular complexity index is 683. The van der Waals surface area contributed by atoms with Gasteiger partial charge in [-0.1, -0.05) is 31.5 Å². The fraction of sp³-hybridized carbons (Fsp3) is 0.474. The van der Waals surface area contributed by atoms with E-state index < -0.39 is 0 Å². The average Bonchev–Trinajstić information content (AvgIpc) is 3.11. The maximum Gasteiger partial charge on any atom is 0.240 e. The largest absolute Gasteiger partial charge is 0.477 e. The van der Waals surface area contributed by atoms with E-state index in [1.54, 1.807) is 0 Å². The van der Waals surface area contributed by atoms with Crippen LogP contribution in [0.15, 0.2) is 36.4 Å². The zero-order valence-electron chi connectivity index (χ0n) is 14.2. The molecule has 0 radical (unpaired) electrons. The lowest BCUT2D eigenvalue weighted by atomic mass is 10.0. The topological polar surface area (TPSA) is 54.5 Å². The molecule has 1 saturated heterocycles. The van der Waals surface area contributed by atoms with E-state index in [0.29, 0.717) is 12.5 Å². The van der Waals surface area contributed by atoms with Gasteiger partial charge in [0.25, 0.3) is 0 Å². The number of hydrogen-bond donors (Lipinski definition) is 1. The maximum atomic E-state index is 12.5. The molecule has 1 aromatic heterocycles. The van der Waals surface area contributed by atoms with Crippen LogP contribution in [0.2, 0.25) is 0 Å². The molecule has 5 heteroatoms. The zero-order valence-corrected chi connectivity index (χ0v) is 14.2. The Labute approximate surface area is 143 Å². The van der Waals surface area contributed by atoms with Crippen LogP contribution in [0.3, 0.4) is 0 Å². The van der Waals surface area contributed by atoms with Gasteiger partial charge in [0.1, 0.15) is 6.61 Å². The van der Waals surface area contributed by atoms with Crippen LogP contribution in [0.5, 0.6) is 5.88 Å². The van der Waals surface area contributed by atoms with E-state index in [-0.39, 0.29) is 11.8 Å². The molecule has 1 amide bonds. The highest BCUT2D eigenvalue weighted by molar-refractivity contribution is 5.79. The quantitative estimate of drug-likeness (QED) is 0.849. The van der Waals surface area contributed by atoms with Crippen molar-refractivity contribution >= 4 is 16.8 Å². The van der Waals surface area contributed by atoms with Crippen molar-refractivity contribution in [2.45, 2.75) is 32.6 Å². The lowest BCUT2D eigenvalue weighted by molar-refractivity contribution is -0.130. The van der Waals surface area contributed by atoms with Gasteiger partial charge in [-0.05, 0) is 31.4 Å². The Morgan fingerprint density at radius 2 is 2.04 bits per heavy atom. The molecule has 0 saturated carbocycles. The number of aromatic nitrogens is 1. The lowest BCUT2D eigenvalue weighted by Gasteiger charge is -2.21. The molecule has 2 aromatic rings. The average molecular weight is 327 g/mol. The fourth-order valence-electron chi connectivity index (χ4n) is 3.03. The van der Waals surface area contributed by atoms with Gasteiger partial charge in [-0.15, -0.1) is 0 Å². The molecule has 1 fully saturated rings. The third kappa shape index (κ3) is 4.23. The van der Waals surface area contributed by atoms with Crippen molar-refractivity contribution in [3.8, 4) is 5.88 Å². The van der Waals surface area contributed by atoms with E-state index in [1.165, 1.54) is 0 Å². The molecule has 0 bridgehead atoms. The predicted molar refractivity (Wildman–Crippen MR) is 94.6 cm³/mol. The van der Waals surface area contributed by atoms with Gasteiger partial charge in [-0.2, -0.15) is 0 Å².